The van der Waals surface area contributed by atoms with E-state index in [0.717, 1.165) is 31.5 Å². The fourth-order valence-electron chi connectivity index (χ4n) is 2.21. The third kappa shape index (κ3) is 3.61. The fraction of sp³-hybridized carbons (Fsp3) is 0.643. The zero-order chi connectivity index (χ0) is 12.8. The molecular weight excluding hydrogens is 210 g/mol. The summed E-state index contributed by atoms with van der Waals surface area (Å²) in [5, 5.41) is 7.87. The predicted molar refractivity (Wildman–Crippen MR) is 71.9 cm³/mol. The van der Waals surface area contributed by atoms with Gasteiger partial charge in [-0.3, -0.25) is 4.68 Å². The van der Waals surface area contributed by atoms with E-state index in [1.165, 1.54) is 11.3 Å². The molecule has 17 heavy (non-hydrogen) atoms. The van der Waals surface area contributed by atoms with Gasteiger partial charge in [0, 0.05) is 25.2 Å². The van der Waals surface area contributed by atoms with Crippen LogP contribution in [0.5, 0.6) is 0 Å². The van der Waals surface area contributed by atoms with Crippen LogP contribution < -0.4 is 5.32 Å². The Kier molecular flexibility index (Phi) is 5.24. The van der Waals surface area contributed by atoms with Crippen LogP contribution in [0.15, 0.2) is 0 Å². The van der Waals surface area contributed by atoms with E-state index in [9.17, 15) is 0 Å². The minimum Gasteiger partial charge on any atom is -0.313 e. The van der Waals surface area contributed by atoms with Gasteiger partial charge in [-0.05, 0) is 38.8 Å². The lowest BCUT2D eigenvalue weighted by Gasteiger charge is -2.15. The SMILES string of the molecule is C#CCC(CCc1c(C)nn(C)c1C)NCC. The lowest BCUT2D eigenvalue weighted by molar-refractivity contribution is 0.502. The van der Waals surface area contributed by atoms with Gasteiger partial charge in [0.25, 0.3) is 0 Å². The summed E-state index contributed by atoms with van der Waals surface area (Å²) in [7, 11) is 2.00. The third-order valence-electron chi connectivity index (χ3n) is 3.26. The molecule has 0 saturated carbocycles. The van der Waals surface area contributed by atoms with E-state index < -0.39 is 0 Å². The Labute approximate surface area is 105 Å². The van der Waals surface area contributed by atoms with Crippen molar-refractivity contribution in [3.05, 3.63) is 17.0 Å². The Morgan fingerprint density at radius 1 is 1.47 bits per heavy atom. The second-order valence-corrected chi connectivity index (χ2v) is 4.47. The molecule has 3 nitrogen and oxygen atoms in total. The van der Waals surface area contributed by atoms with Crippen molar-refractivity contribution in [3.8, 4) is 12.3 Å². The third-order valence-corrected chi connectivity index (χ3v) is 3.26. The van der Waals surface area contributed by atoms with Crippen LogP contribution in [-0.2, 0) is 13.5 Å². The largest absolute Gasteiger partial charge is 0.313 e. The first kappa shape index (κ1) is 13.8. The van der Waals surface area contributed by atoms with Crippen molar-refractivity contribution in [1.29, 1.82) is 0 Å². The van der Waals surface area contributed by atoms with Gasteiger partial charge in [-0.15, -0.1) is 12.3 Å². The van der Waals surface area contributed by atoms with Crippen molar-refractivity contribution >= 4 is 0 Å². The zero-order valence-electron chi connectivity index (χ0n) is 11.4. The van der Waals surface area contributed by atoms with Gasteiger partial charge < -0.3 is 5.32 Å². The summed E-state index contributed by atoms with van der Waals surface area (Å²) >= 11 is 0. The summed E-state index contributed by atoms with van der Waals surface area (Å²) < 4.78 is 1.95. The Bertz CT molecular complexity index is 398. The molecule has 0 aliphatic rings. The number of nitrogens with zero attached hydrogens (tertiary/aromatic N) is 2. The van der Waals surface area contributed by atoms with E-state index >= 15 is 0 Å². The highest BCUT2D eigenvalue weighted by Crippen LogP contribution is 2.15. The molecule has 1 heterocycles. The number of rotatable bonds is 6. The van der Waals surface area contributed by atoms with E-state index in [4.69, 9.17) is 6.42 Å². The van der Waals surface area contributed by atoms with Crippen LogP contribution in [-0.4, -0.2) is 22.4 Å². The molecular formula is C14H23N3. The molecule has 1 aromatic rings. The number of nitrogens with one attached hydrogen (secondary N) is 1. The van der Waals surface area contributed by atoms with Crippen molar-refractivity contribution in [1.82, 2.24) is 15.1 Å². The van der Waals surface area contributed by atoms with Crippen LogP contribution in [0.3, 0.4) is 0 Å². The minimum absolute atomic E-state index is 0.420. The minimum atomic E-state index is 0.420. The van der Waals surface area contributed by atoms with Crippen LogP contribution in [0.4, 0.5) is 0 Å². The van der Waals surface area contributed by atoms with E-state index in [1.807, 2.05) is 11.7 Å². The molecule has 1 aromatic heterocycles. The highest BCUT2D eigenvalue weighted by atomic mass is 15.3. The first-order valence-corrected chi connectivity index (χ1v) is 6.26. The van der Waals surface area contributed by atoms with Crippen LogP contribution in [0, 0.1) is 26.2 Å². The van der Waals surface area contributed by atoms with Crippen LogP contribution in [0.25, 0.3) is 0 Å². The molecule has 94 valence electrons. The summed E-state index contributed by atoms with van der Waals surface area (Å²) in [6.45, 7) is 7.28. The number of aryl methyl sites for hydroxylation is 2. The van der Waals surface area contributed by atoms with Gasteiger partial charge in [0.15, 0.2) is 0 Å². The zero-order valence-corrected chi connectivity index (χ0v) is 11.4. The first-order chi connectivity index (χ1) is 8.10. The number of hydrogen-bond donors (Lipinski definition) is 1. The summed E-state index contributed by atoms with van der Waals surface area (Å²) in [6, 6.07) is 0.420. The fourth-order valence-corrected chi connectivity index (χ4v) is 2.21. The molecule has 0 aliphatic heterocycles. The smallest absolute Gasteiger partial charge is 0.0628 e. The maximum absolute atomic E-state index is 5.39. The van der Waals surface area contributed by atoms with Crippen LogP contribution in [0.2, 0.25) is 0 Å². The Hall–Kier alpha value is -1.27. The number of aromatic nitrogens is 2. The average Bonchev–Trinajstić information content (AvgIpc) is 2.51. The maximum atomic E-state index is 5.39. The van der Waals surface area contributed by atoms with E-state index in [-0.39, 0.29) is 0 Å². The maximum Gasteiger partial charge on any atom is 0.0628 e. The first-order valence-electron chi connectivity index (χ1n) is 6.26. The molecule has 0 spiro atoms. The van der Waals surface area contributed by atoms with Crippen molar-refractivity contribution < 1.29 is 0 Å². The lowest BCUT2D eigenvalue weighted by Crippen LogP contribution is -2.29. The number of terminal acetylenes is 1. The van der Waals surface area contributed by atoms with Crippen molar-refractivity contribution in [2.24, 2.45) is 7.05 Å². The normalized spacial score (nSPS) is 12.4. The van der Waals surface area contributed by atoms with Gasteiger partial charge in [0.2, 0.25) is 0 Å². The molecule has 0 saturated heterocycles. The summed E-state index contributed by atoms with van der Waals surface area (Å²) in [4.78, 5) is 0. The van der Waals surface area contributed by atoms with Crippen molar-refractivity contribution in [2.45, 2.75) is 46.1 Å². The van der Waals surface area contributed by atoms with E-state index in [2.05, 4.69) is 37.1 Å². The molecule has 0 bridgehead atoms. The summed E-state index contributed by atoms with van der Waals surface area (Å²) in [5.41, 5.74) is 3.77. The summed E-state index contributed by atoms with van der Waals surface area (Å²) in [6.07, 6.45) is 8.31. The Morgan fingerprint density at radius 2 is 2.18 bits per heavy atom. The van der Waals surface area contributed by atoms with Crippen LogP contribution in [0.1, 0.15) is 36.7 Å². The standard InChI is InChI=1S/C14H23N3/c1-6-8-13(15-7-2)9-10-14-11(3)16-17(5)12(14)4/h1,13,15H,7-10H2,2-5H3. The molecule has 1 unspecified atom stereocenters. The average molecular weight is 233 g/mol. The van der Waals surface area contributed by atoms with E-state index in [1.54, 1.807) is 0 Å². The summed E-state index contributed by atoms with van der Waals surface area (Å²) in [5.74, 6) is 2.74. The quantitative estimate of drug-likeness (QED) is 0.761. The van der Waals surface area contributed by atoms with Gasteiger partial charge in [0.1, 0.15) is 0 Å². The highest BCUT2D eigenvalue weighted by Gasteiger charge is 2.12. The van der Waals surface area contributed by atoms with Gasteiger partial charge in [-0.1, -0.05) is 6.92 Å². The topological polar surface area (TPSA) is 29.9 Å². The Morgan fingerprint density at radius 3 is 2.65 bits per heavy atom. The molecule has 0 aromatic carbocycles. The molecule has 1 N–H and O–H groups in total. The molecule has 0 amide bonds. The van der Waals surface area contributed by atoms with Gasteiger partial charge in [-0.25, -0.2) is 0 Å². The molecule has 1 atom stereocenters. The lowest BCUT2D eigenvalue weighted by atomic mass is 10.0. The van der Waals surface area contributed by atoms with Crippen LogP contribution >= 0.6 is 0 Å². The molecule has 0 radical (unpaired) electrons. The van der Waals surface area contributed by atoms with Gasteiger partial charge >= 0.3 is 0 Å². The highest BCUT2D eigenvalue weighted by molar-refractivity contribution is 5.24. The van der Waals surface area contributed by atoms with Gasteiger partial charge in [0.05, 0.1) is 5.69 Å². The molecule has 0 aliphatic carbocycles. The second kappa shape index (κ2) is 6.46. The molecule has 3 heteroatoms. The molecule has 0 fully saturated rings. The van der Waals surface area contributed by atoms with Gasteiger partial charge in [-0.2, -0.15) is 5.10 Å². The Balaban J connectivity index is 2.62. The van der Waals surface area contributed by atoms with Crippen molar-refractivity contribution in [3.63, 3.8) is 0 Å². The second-order valence-electron chi connectivity index (χ2n) is 4.47. The molecule has 1 rings (SSSR count). The predicted octanol–water partition coefficient (Wildman–Crippen LogP) is 1.97. The number of hydrogen-bond acceptors (Lipinski definition) is 2. The van der Waals surface area contributed by atoms with Crippen molar-refractivity contribution in [2.75, 3.05) is 6.54 Å². The monoisotopic (exact) mass is 233 g/mol. The van der Waals surface area contributed by atoms with E-state index in [0.29, 0.717) is 6.04 Å².